The Morgan fingerprint density at radius 1 is 1.17 bits per heavy atom. The second-order valence-corrected chi connectivity index (χ2v) is 7.53. The van der Waals surface area contributed by atoms with Crippen molar-refractivity contribution < 1.29 is 13.2 Å². The second-order valence-electron chi connectivity index (χ2n) is 5.33. The molecule has 0 atom stereocenters. The first-order valence-electron chi connectivity index (χ1n) is 7.39. The molecule has 3 aromatic rings. The van der Waals surface area contributed by atoms with Crippen LogP contribution in [0.3, 0.4) is 0 Å². The van der Waals surface area contributed by atoms with Gasteiger partial charge in [-0.05, 0) is 48.4 Å². The molecule has 0 saturated carbocycles. The van der Waals surface area contributed by atoms with E-state index < -0.39 is 10.0 Å². The van der Waals surface area contributed by atoms with E-state index in [9.17, 15) is 8.42 Å². The van der Waals surface area contributed by atoms with Gasteiger partial charge in [0.15, 0.2) is 0 Å². The molecule has 5 nitrogen and oxygen atoms in total. The number of rotatable bonds is 6. The number of H-pyrrole nitrogens is 1. The minimum atomic E-state index is -3.54. The quantitative estimate of drug-likeness (QED) is 0.704. The van der Waals surface area contributed by atoms with Gasteiger partial charge in [-0.3, -0.25) is 0 Å². The molecule has 0 fully saturated rings. The molecule has 2 aromatic carbocycles. The number of aromatic nitrogens is 1. The Hall–Kier alpha value is -2.02. The lowest BCUT2D eigenvalue weighted by Crippen LogP contribution is -2.25. The summed E-state index contributed by atoms with van der Waals surface area (Å²) in [7, 11) is -2.00. The Balaban J connectivity index is 1.68. The zero-order valence-corrected chi connectivity index (χ0v) is 14.6. The number of nitrogens with one attached hydrogen (secondary N) is 2. The van der Waals surface area contributed by atoms with Crippen LogP contribution in [0.4, 0.5) is 0 Å². The fourth-order valence-electron chi connectivity index (χ4n) is 2.52. The standard InChI is InChI=1S/C17H17ClN2O3S/c1-23-14-3-5-15(6-4-14)24(21,22)20-9-8-12-11-19-17-10-13(18)2-7-16(12)17/h2-7,10-11,19-20H,8-9H2,1H3. The fraction of sp³-hybridized carbons (Fsp3) is 0.176. The third kappa shape index (κ3) is 3.56. The highest BCUT2D eigenvalue weighted by atomic mass is 35.5. The fourth-order valence-corrected chi connectivity index (χ4v) is 3.73. The van der Waals surface area contributed by atoms with Crippen LogP contribution < -0.4 is 9.46 Å². The number of hydrogen-bond acceptors (Lipinski definition) is 3. The van der Waals surface area contributed by atoms with Gasteiger partial charge in [-0.2, -0.15) is 0 Å². The van der Waals surface area contributed by atoms with E-state index in [0.29, 0.717) is 23.7 Å². The maximum absolute atomic E-state index is 12.3. The molecule has 0 aliphatic heterocycles. The Morgan fingerprint density at radius 2 is 1.92 bits per heavy atom. The average molecular weight is 365 g/mol. The summed E-state index contributed by atoms with van der Waals surface area (Å²) in [6.45, 7) is 0.309. The maximum Gasteiger partial charge on any atom is 0.240 e. The van der Waals surface area contributed by atoms with Crippen molar-refractivity contribution in [3.05, 3.63) is 59.2 Å². The zero-order valence-electron chi connectivity index (χ0n) is 13.0. The molecule has 1 heterocycles. The Kier molecular flexibility index (Phi) is 4.80. The lowest BCUT2D eigenvalue weighted by molar-refractivity contribution is 0.414. The number of halogens is 1. The van der Waals surface area contributed by atoms with E-state index in [4.69, 9.17) is 16.3 Å². The summed E-state index contributed by atoms with van der Waals surface area (Å²) in [6, 6.07) is 11.9. The van der Waals surface area contributed by atoms with Crippen LogP contribution in [0.25, 0.3) is 10.9 Å². The molecule has 3 rings (SSSR count). The van der Waals surface area contributed by atoms with E-state index in [1.165, 1.54) is 19.2 Å². The van der Waals surface area contributed by atoms with Gasteiger partial charge in [0.2, 0.25) is 10.0 Å². The number of benzene rings is 2. The van der Waals surface area contributed by atoms with Gasteiger partial charge in [-0.15, -0.1) is 0 Å². The zero-order chi connectivity index (χ0) is 17.2. The van der Waals surface area contributed by atoms with Gasteiger partial charge in [0, 0.05) is 28.7 Å². The first kappa shape index (κ1) is 16.8. The van der Waals surface area contributed by atoms with Crippen molar-refractivity contribution in [3.8, 4) is 5.75 Å². The van der Waals surface area contributed by atoms with Crippen LogP contribution in [-0.2, 0) is 16.4 Å². The highest BCUT2D eigenvalue weighted by Crippen LogP contribution is 2.22. The first-order chi connectivity index (χ1) is 11.5. The first-order valence-corrected chi connectivity index (χ1v) is 9.25. The van der Waals surface area contributed by atoms with E-state index in [1.807, 2.05) is 24.4 Å². The summed E-state index contributed by atoms with van der Waals surface area (Å²) in [4.78, 5) is 3.36. The monoisotopic (exact) mass is 364 g/mol. The van der Waals surface area contributed by atoms with Crippen molar-refractivity contribution in [2.75, 3.05) is 13.7 Å². The van der Waals surface area contributed by atoms with Gasteiger partial charge < -0.3 is 9.72 Å². The lowest BCUT2D eigenvalue weighted by Gasteiger charge is -2.07. The summed E-state index contributed by atoms with van der Waals surface area (Å²) in [5.74, 6) is 0.617. The summed E-state index contributed by atoms with van der Waals surface area (Å²) in [5.41, 5.74) is 1.98. The number of ether oxygens (including phenoxy) is 1. The van der Waals surface area contributed by atoms with Gasteiger partial charge in [-0.25, -0.2) is 13.1 Å². The average Bonchev–Trinajstić information content (AvgIpc) is 2.97. The van der Waals surface area contributed by atoms with Gasteiger partial charge in [-0.1, -0.05) is 17.7 Å². The van der Waals surface area contributed by atoms with Crippen molar-refractivity contribution in [3.63, 3.8) is 0 Å². The maximum atomic E-state index is 12.3. The summed E-state index contributed by atoms with van der Waals surface area (Å²) in [6.07, 6.45) is 2.46. The largest absolute Gasteiger partial charge is 0.497 e. The van der Waals surface area contributed by atoms with Crippen LogP contribution in [0, 0.1) is 0 Å². The number of aromatic amines is 1. The molecule has 0 aliphatic rings. The molecular weight excluding hydrogens is 348 g/mol. The Bertz CT molecular complexity index is 950. The van der Waals surface area contributed by atoms with Crippen LogP contribution in [0.5, 0.6) is 5.75 Å². The topological polar surface area (TPSA) is 71.2 Å². The van der Waals surface area contributed by atoms with Crippen LogP contribution in [0.1, 0.15) is 5.56 Å². The van der Waals surface area contributed by atoms with Crippen molar-refractivity contribution >= 4 is 32.5 Å². The SMILES string of the molecule is COc1ccc(S(=O)(=O)NCCc2c[nH]c3cc(Cl)ccc23)cc1. The molecule has 7 heteroatoms. The number of methoxy groups -OCH3 is 1. The molecule has 0 radical (unpaired) electrons. The van der Waals surface area contributed by atoms with E-state index in [2.05, 4.69) is 9.71 Å². The number of sulfonamides is 1. The molecular formula is C17H17ClN2O3S. The van der Waals surface area contributed by atoms with Crippen LogP contribution in [-0.4, -0.2) is 27.1 Å². The normalized spacial score (nSPS) is 11.8. The number of hydrogen-bond donors (Lipinski definition) is 2. The van der Waals surface area contributed by atoms with Gasteiger partial charge in [0.1, 0.15) is 5.75 Å². The highest BCUT2D eigenvalue weighted by Gasteiger charge is 2.14. The summed E-state index contributed by atoms with van der Waals surface area (Å²) in [5, 5.41) is 1.71. The van der Waals surface area contributed by atoms with Crippen LogP contribution >= 0.6 is 11.6 Å². The third-order valence-corrected chi connectivity index (χ3v) is 5.50. The van der Waals surface area contributed by atoms with E-state index in [-0.39, 0.29) is 4.90 Å². The Labute approximate surface area is 145 Å². The van der Waals surface area contributed by atoms with Gasteiger partial charge in [0.05, 0.1) is 12.0 Å². The molecule has 0 unspecified atom stereocenters. The van der Waals surface area contributed by atoms with Crippen molar-refractivity contribution in [1.29, 1.82) is 0 Å². The number of fused-ring (bicyclic) bond motifs is 1. The molecule has 0 aliphatic carbocycles. The predicted octanol–water partition coefficient (Wildman–Crippen LogP) is 3.35. The van der Waals surface area contributed by atoms with Crippen molar-refractivity contribution in [2.24, 2.45) is 0 Å². The smallest absolute Gasteiger partial charge is 0.240 e. The predicted molar refractivity (Wildman–Crippen MR) is 95.2 cm³/mol. The van der Waals surface area contributed by atoms with Gasteiger partial charge >= 0.3 is 0 Å². The molecule has 2 N–H and O–H groups in total. The molecule has 0 bridgehead atoms. The summed E-state index contributed by atoms with van der Waals surface area (Å²) < 4.78 is 32.2. The highest BCUT2D eigenvalue weighted by molar-refractivity contribution is 7.89. The molecule has 0 saturated heterocycles. The molecule has 0 amide bonds. The minimum absolute atomic E-state index is 0.217. The van der Waals surface area contributed by atoms with Gasteiger partial charge in [0.25, 0.3) is 0 Å². The lowest BCUT2D eigenvalue weighted by atomic mass is 10.1. The third-order valence-electron chi connectivity index (χ3n) is 3.79. The molecule has 24 heavy (non-hydrogen) atoms. The van der Waals surface area contributed by atoms with E-state index in [1.54, 1.807) is 12.1 Å². The minimum Gasteiger partial charge on any atom is -0.497 e. The summed E-state index contributed by atoms with van der Waals surface area (Å²) >= 11 is 5.96. The van der Waals surface area contributed by atoms with E-state index >= 15 is 0 Å². The van der Waals surface area contributed by atoms with Crippen LogP contribution in [0.15, 0.2) is 53.6 Å². The van der Waals surface area contributed by atoms with Crippen molar-refractivity contribution in [1.82, 2.24) is 9.71 Å². The molecule has 1 aromatic heterocycles. The molecule has 126 valence electrons. The van der Waals surface area contributed by atoms with E-state index in [0.717, 1.165) is 16.5 Å². The molecule has 0 spiro atoms. The van der Waals surface area contributed by atoms with Crippen molar-refractivity contribution in [2.45, 2.75) is 11.3 Å². The Morgan fingerprint density at radius 3 is 2.62 bits per heavy atom. The second kappa shape index (κ2) is 6.84. The van der Waals surface area contributed by atoms with Crippen LogP contribution in [0.2, 0.25) is 5.02 Å².